The van der Waals surface area contributed by atoms with Crippen molar-refractivity contribution in [2.75, 3.05) is 31.1 Å². The van der Waals surface area contributed by atoms with Gasteiger partial charge in [0.2, 0.25) is 0 Å². The van der Waals surface area contributed by atoms with Crippen LogP contribution in [-0.4, -0.2) is 41.3 Å². The molecule has 78 valence electrons. The standard InChI is InChI=1S/C9H11N5O/c1-3-14(4-2-10-1)8-7-5-13-15-9(7)12-6-11-8/h5-6,10H,1-4H2. The molecular formula is C9H11N5O. The van der Waals surface area contributed by atoms with Gasteiger partial charge in [0.15, 0.2) is 0 Å². The van der Waals surface area contributed by atoms with E-state index in [2.05, 4.69) is 25.3 Å². The number of hydrogen-bond donors (Lipinski definition) is 1. The van der Waals surface area contributed by atoms with E-state index >= 15 is 0 Å². The maximum atomic E-state index is 5.01. The quantitative estimate of drug-likeness (QED) is 0.708. The zero-order valence-electron chi connectivity index (χ0n) is 8.18. The van der Waals surface area contributed by atoms with E-state index in [0.717, 1.165) is 37.4 Å². The summed E-state index contributed by atoms with van der Waals surface area (Å²) >= 11 is 0. The van der Waals surface area contributed by atoms with Crippen LogP contribution in [0.1, 0.15) is 0 Å². The van der Waals surface area contributed by atoms with E-state index in [4.69, 9.17) is 4.52 Å². The average molecular weight is 205 g/mol. The van der Waals surface area contributed by atoms with Crippen LogP contribution in [0.25, 0.3) is 11.1 Å². The molecule has 0 atom stereocenters. The Morgan fingerprint density at radius 3 is 3.00 bits per heavy atom. The second kappa shape index (κ2) is 3.47. The van der Waals surface area contributed by atoms with Crippen molar-refractivity contribution in [3.05, 3.63) is 12.5 Å². The van der Waals surface area contributed by atoms with Gasteiger partial charge in [-0.15, -0.1) is 0 Å². The minimum Gasteiger partial charge on any atom is -0.353 e. The minimum absolute atomic E-state index is 0.554. The molecule has 0 unspecified atom stereocenters. The topological polar surface area (TPSA) is 67.1 Å². The number of piperazine rings is 1. The van der Waals surface area contributed by atoms with Crippen LogP contribution in [0.5, 0.6) is 0 Å². The summed E-state index contributed by atoms with van der Waals surface area (Å²) in [4.78, 5) is 10.5. The zero-order valence-corrected chi connectivity index (χ0v) is 8.18. The fourth-order valence-electron chi connectivity index (χ4n) is 1.81. The van der Waals surface area contributed by atoms with E-state index < -0.39 is 0 Å². The Morgan fingerprint density at radius 2 is 2.13 bits per heavy atom. The Hall–Kier alpha value is -1.69. The van der Waals surface area contributed by atoms with Gasteiger partial charge in [-0.05, 0) is 0 Å². The van der Waals surface area contributed by atoms with Crippen LogP contribution in [0, 0.1) is 0 Å². The molecule has 0 radical (unpaired) electrons. The maximum absolute atomic E-state index is 5.01. The number of nitrogens with one attached hydrogen (secondary N) is 1. The summed E-state index contributed by atoms with van der Waals surface area (Å²) in [6.07, 6.45) is 3.19. The van der Waals surface area contributed by atoms with Crippen LogP contribution in [0.4, 0.5) is 5.82 Å². The molecule has 0 aliphatic carbocycles. The largest absolute Gasteiger partial charge is 0.353 e. The highest BCUT2D eigenvalue weighted by Crippen LogP contribution is 2.22. The Bertz CT molecular complexity index is 462. The van der Waals surface area contributed by atoms with E-state index in [-0.39, 0.29) is 0 Å². The van der Waals surface area contributed by atoms with Gasteiger partial charge in [0.25, 0.3) is 5.71 Å². The SMILES string of the molecule is c1nc(N2CCNCC2)c2cnoc2n1. The highest BCUT2D eigenvalue weighted by Gasteiger charge is 2.16. The van der Waals surface area contributed by atoms with Crippen molar-refractivity contribution in [2.24, 2.45) is 0 Å². The minimum atomic E-state index is 0.554. The molecule has 1 N–H and O–H groups in total. The van der Waals surface area contributed by atoms with Gasteiger partial charge in [0, 0.05) is 26.2 Å². The third-order valence-corrected chi connectivity index (χ3v) is 2.56. The Labute approximate surface area is 86.3 Å². The lowest BCUT2D eigenvalue weighted by molar-refractivity contribution is 0.448. The van der Waals surface area contributed by atoms with E-state index in [1.807, 2.05) is 0 Å². The summed E-state index contributed by atoms with van der Waals surface area (Å²) in [6.45, 7) is 3.88. The summed E-state index contributed by atoms with van der Waals surface area (Å²) in [7, 11) is 0. The Balaban J connectivity index is 2.05. The van der Waals surface area contributed by atoms with Gasteiger partial charge < -0.3 is 14.7 Å². The highest BCUT2D eigenvalue weighted by molar-refractivity contribution is 5.84. The van der Waals surface area contributed by atoms with Gasteiger partial charge in [0.05, 0.1) is 6.20 Å². The number of rotatable bonds is 1. The van der Waals surface area contributed by atoms with Crippen LogP contribution in [0.2, 0.25) is 0 Å². The molecule has 0 bridgehead atoms. The van der Waals surface area contributed by atoms with Crippen molar-refractivity contribution in [1.82, 2.24) is 20.4 Å². The molecule has 2 aromatic heterocycles. The number of fused-ring (bicyclic) bond motifs is 1. The molecule has 1 saturated heterocycles. The Kier molecular flexibility index (Phi) is 1.99. The smallest absolute Gasteiger partial charge is 0.262 e. The van der Waals surface area contributed by atoms with Gasteiger partial charge >= 0.3 is 0 Å². The third-order valence-electron chi connectivity index (χ3n) is 2.56. The molecule has 3 heterocycles. The van der Waals surface area contributed by atoms with Crippen molar-refractivity contribution in [3.8, 4) is 0 Å². The highest BCUT2D eigenvalue weighted by atomic mass is 16.5. The summed E-state index contributed by atoms with van der Waals surface area (Å²) < 4.78 is 5.01. The normalized spacial score (nSPS) is 17.2. The molecule has 0 spiro atoms. The van der Waals surface area contributed by atoms with Crippen molar-refractivity contribution in [2.45, 2.75) is 0 Å². The maximum Gasteiger partial charge on any atom is 0.262 e. The lowest BCUT2D eigenvalue weighted by atomic mass is 10.3. The van der Waals surface area contributed by atoms with Crippen LogP contribution < -0.4 is 10.2 Å². The monoisotopic (exact) mass is 205 g/mol. The molecule has 6 heteroatoms. The average Bonchev–Trinajstić information content (AvgIpc) is 2.78. The number of aromatic nitrogens is 3. The summed E-state index contributed by atoms with van der Waals surface area (Å²) in [5.74, 6) is 0.919. The van der Waals surface area contributed by atoms with E-state index in [0.29, 0.717) is 5.71 Å². The van der Waals surface area contributed by atoms with Crippen molar-refractivity contribution < 1.29 is 4.52 Å². The van der Waals surface area contributed by atoms with E-state index in [9.17, 15) is 0 Å². The third kappa shape index (κ3) is 1.42. The zero-order chi connectivity index (χ0) is 10.1. The van der Waals surface area contributed by atoms with Crippen LogP contribution in [0.15, 0.2) is 17.0 Å². The molecule has 1 aliphatic rings. The fraction of sp³-hybridized carbons (Fsp3) is 0.444. The van der Waals surface area contributed by atoms with Crippen LogP contribution >= 0.6 is 0 Å². The molecule has 15 heavy (non-hydrogen) atoms. The molecule has 0 saturated carbocycles. The van der Waals surface area contributed by atoms with Gasteiger partial charge in [-0.3, -0.25) is 0 Å². The number of nitrogens with zero attached hydrogens (tertiary/aromatic N) is 4. The van der Waals surface area contributed by atoms with E-state index in [1.165, 1.54) is 6.33 Å². The van der Waals surface area contributed by atoms with Crippen molar-refractivity contribution in [3.63, 3.8) is 0 Å². The first-order valence-corrected chi connectivity index (χ1v) is 4.96. The lowest BCUT2D eigenvalue weighted by Gasteiger charge is -2.28. The predicted octanol–water partition coefficient (Wildman–Crippen LogP) is 0.0274. The first-order chi connectivity index (χ1) is 7.45. The molecule has 0 amide bonds. The van der Waals surface area contributed by atoms with Gasteiger partial charge in [-0.2, -0.15) is 4.98 Å². The molecule has 1 fully saturated rings. The van der Waals surface area contributed by atoms with Gasteiger partial charge in [-0.25, -0.2) is 4.98 Å². The molecular weight excluding hydrogens is 194 g/mol. The Morgan fingerprint density at radius 1 is 1.27 bits per heavy atom. The predicted molar refractivity (Wildman–Crippen MR) is 54.7 cm³/mol. The first-order valence-electron chi connectivity index (χ1n) is 4.96. The fourth-order valence-corrected chi connectivity index (χ4v) is 1.81. The molecule has 6 nitrogen and oxygen atoms in total. The molecule has 1 aliphatic heterocycles. The second-order valence-electron chi connectivity index (χ2n) is 3.48. The second-order valence-corrected chi connectivity index (χ2v) is 3.48. The van der Waals surface area contributed by atoms with Gasteiger partial charge in [-0.1, -0.05) is 5.16 Å². The summed E-state index contributed by atoms with van der Waals surface area (Å²) in [5.41, 5.74) is 0.554. The molecule has 3 rings (SSSR count). The summed E-state index contributed by atoms with van der Waals surface area (Å²) in [6, 6.07) is 0. The van der Waals surface area contributed by atoms with Crippen molar-refractivity contribution in [1.29, 1.82) is 0 Å². The van der Waals surface area contributed by atoms with Gasteiger partial charge in [0.1, 0.15) is 17.5 Å². The molecule has 0 aromatic carbocycles. The van der Waals surface area contributed by atoms with Crippen molar-refractivity contribution >= 4 is 16.9 Å². The first kappa shape index (κ1) is 8.60. The van der Waals surface area contributed by atoms with Crippen LogP contribution in [0.3, 0.4) is 0 Å². The number of anilines is 1. The van der Waals surface area contributed by atoms with Crippen LogP contribution in [-0.2, 0) is 0 Å². The number of hydrogen-bond acceptors (Lipinski definition) is 6. The summed E-state index contributed by atoms with van der Waals surface area (Å²) in [5, 5.41) is 7.93. The lowest BCUT2D eigenvalue weighted by Crippen LogP contribution is -2.43. The van der Waals surface area contributed by atoms with E-state index in [1.54, 1.807) is 6.20 Å². The molecule has 2 aromatic rings.